The SMILES string of the molecule is C=C1/C(=C\C=C2/CCC[C@]3(C)[C@@H]([C@H](C)/C=C/C=C/C=O)CC[C@@H]23)C[C@@H](O[Si](C)(C)C(C)(C)C)C[C@@H]1O[Si](C)(C)C(C)(C)C. The monoisotopic (exact) mass is 624 g/mol. The molecule has 0 aromatic rings. The average Bonchev–Trinajstić information content (AvgIpc) is 3.23. The lowest BCUT2D eigenvalue weighted by atomic mass is 9.61. The standard InChI is InChI=1S/C38H64O3Si2/c1-28(18-15-14-16-25-39)33-22-23-34-30(19-17-24-38(33,34)9)20-21-31-26-32(40-42(10,11)36(3,4)5)27-35(29(31)2)41-43(12,13)37(6,7)8/h14-16,18,20-21,25,28,32-35H,2,17,19,22-24,26-27H2,1,3-13H3/b16-14+,18-15+,30-20+,31-21-/t28-,32-,33-,34+,35+,38-/m1/s1. The van der Waals surface area contributed by atoms with Crippen molar-refractivity contribution in [3.8, 4) is 0 Å². The molecule has 6 atom stereocenters. The lowest BCUT2D eigenvalue weighted by Gasteiger charge is -2.45. The fourth-order valence-corrected chi connectivity index (χ4v) is 10.1. The maximum atomic E-state index is 10.7. The molecule has 0 bridgehead atoms. The van der Waals surface area contributed by atoms with E-state index in [1.54, 1.807) is 11.6 Å². The summed E-state index contributed by atoms with van der Waals surface area (Å²) in [5.41, 5.74) is 4.45. The van der Waals surface area contributed by atoms with Gasteiger partial charge in [0, 0.05) is 6.42 Å². The number of carbonyl (C=O) groups is 1. The van der Waals surface area contributed by atoms with Crippen LogP contribution in [0.15, 0.2) is 59.8 Å². The summed E-state index contributed by atoms with van der Waals surface area (Å²) in [5.74, 6) is 1.81. The van der Waals surface area contributed by atoms with Crippen LogP contribution in [0.1, 0.15) is 100 Å². The van der Waals surface area contributed by atoms with Crippen LogP contribution in [-0.4, -0.2) is 35.1 Å². The van der Waals surface area contributed by atoms with Crippen LogP contribution < -0.4 is 0 Å². The largest absolute Gasteiger partial charge is 0.413 e. The average molecular weight is 625 g/mol. The molecule has 3 saturated carbocycles. The highest BCUT2D eigenvalue weighted by Gasteiger charge is 2.50. The van der Waals surface area contributed by atoms with Crippen molar-refractivity contribution in [2.45, 2.75) is 149 Å². The smallest absolute Gasteiger partial charge is 0.192 e. The van der Waals surface area contributed by atoms with E-state index in [2.05, 4.69) is 112 Å². The third-order valence-corrected chi connectivity index (χ3v) is 21.1. The van der Waals surface area contributed by atoms with Crippen molar-refractivity contribution >= 4 is 22.9 Å². The quantitative estimate of drug-likeness (QED) is 0.111. The summed E-state index contributed by atoms with van der Waals surface area (Å²) in [5, 5.41) is 0.320. The van der Waals surface area contributed by atoms with Gasteiger partial charge in [0.15, 0.2) is 16.6 Å². The second-order valence-electron chi connectivity index (χ2n) is 17.1. The maximum Gasteiger partial charge on any atom is 0.192 e. The molecule has 3 nitrogen and oxygen atoms in total. The molecule has 0 N–H and O–H groups in total. The summed E-state index contributed by atoms with van der Waals surface area (Å²) < 4.78 is 14.1. The second-order valence-corrected chi connectivity index (χ2v) is 26.6. The molecule has 0 aromatic carbocycles. The number of aldehydes is 1. The van der Waals surface area contributed by atoms with Gasteiger partial charge in [0.1, 0.15) is 6.29 Å². The minimum Gasteiger partial charge on any atom is -0.413 e. The number of rotatable bonds is 9. The molecule has 242 valence electrons. The van der Waals surface area contributed by atoms with Crippen LogP contribution in [0.25, 0.3) is 0 Å². The Balaban J connectivity index is 1.90. The Kier molecular flexibility index (Phi) is 11.5. The van der Waals surface area contributed by atoms with Crippen molar-refractivity contribution in [3.63, 3.8) is 0 Å². The Morgan fingerprint density at radius 1 is 0.930 bits per heavy atom. The van der Waals surface area contributed by atoms with Crippen LogP contribution in [0.2, 0.25) is 36.3 Å². The first-order chi connectivity index (χ1) is 19.7. The van der Waals surface area contributed by atoms with Crippen LogP contribution in [0.5, 0.6) is 0 Å². The Morgan fingerprint density at radius 2 is 1.56 bits per heavy atom. The van der Waals surface area contributed by atoms with Crippen molar-refractivity contribution in [1.82, 2.24) is 0 Å². The highest BCUT2D eigenvalue weighted by molar-refractivity contribution is 6.74. The topological polar surface area (TPSA) is 35.5 Å². The van der Waals surface area contributed by atoms with Crippen LogP contribution in [-0.2, 0) is 13.6 Å². The van der Waals surface area contributed by atoms with E-state index in [1.807, 2.05) is 6.08 Å². The third-order valence-electron chi connectivity index (χ3n) is 12.1. The molecule has 3 aliphatic carbocycles. The summed E-state index contributed by atoms with van der Waals surface area (Å²) in [4.78, 5) is 10.7. The number of hydrogen-bond donors (Lipinski definition) is 0. The Hall–Kier alpha value is -1.28. The van der Waals surface area contributed by atoms with Gasteiger partial charge in [0.2, 0.25) is 0 Å². The number of allylic oxidation sites excluding steroid dienone is 7. The zero-order chi connectivity index (χ0) is 32.4. The fourth-order valence-electron chi connectivity index (χ4n) is 7.39. The fraction of sp³-hybridized carbons (Fsp3) is 0.711. The van der Waals surface area contributed by atoms with E-state index in [1.165, 1.54) is 43.3 Å². The molecular weight excluding hydrogens is 561 g/mol. The molecule has 3 rings (SSSR count). The van der Waals surface area contributed by atoms with Gasteiger partial charge in [-0.2, -0.15) is 0 Å². The number of carbonyl (C=O) groups excluding carboxylic acids is 1. The highest BCUT2D eigenvalue weighted by atomic mass is 28.4. The molecule has 0 radical (unpaired) electrons. The summed E-state index contributed by atoms with van der Waals surface area (Å²) in [6.45, 7) is 33.0. The van der Waals surface area contributed by atoms with Gasteiger partial charge in [-0.15, -0.1) is 0 Å². The summed E-state index contributed by atoms with van der Waals surface area (Å²) in [6, 6.07) is 0. The van der Waals surface area contributed by atoms with Crippen LogP contribution >= 0.6 is 0 Å². The molecule has 3 fully saturated rings. The van der Waals surface area contributed by atoms with Gasteiger partial charge in [-0.25, -0.2) is 0 Å². The minimum absolute atomic E-state index is 0.0162. The van der Waals surface area contributed by atoms with E-state index in [-0.39, 0.29) is 22.3 Å². The molecule has 5 heteroatoms. The van der Waals surface area contributed by atoms with Gasteiger partial charge < -0.3 is 8.85 Å². The van der Waals surface area contributed by atoms with Crippen LogP contribution in [0.4, 0.5) is 0 Å². The van der Waals surface area contributed by atoms with E-state index in [0.717, 1.165) is 19.1 Å². The summed E-state index contributed by atoms with van der Waals surface area (Å²) in [6.07, 6.45) is 21.8. The molecule has 0 aliphatic heterocycles. The number of fused-ring (bicyclic) bond motifs is 1. The Bertz CT molecular complexity index is 1130. The van der Waals surface area contributed by atoms with E-state index in [9.17, 15) is 4.79 Å². The number of hydrogen-bond acceptors (Lipinski definition) is 3. The Morgan fingerprint density at radius 3 is 2.16 bits per heavy atom. The van der Waals surface area contributed by atoms with Gasteiger partial charge >= 0.3 is 0 Å². The molecule has 3 aliphatic rings. The van der Waals surface area contributed by atoms with Gasteiger partial charge in [0.25, 0.3) is 0 Å². The van der Waals surface area contributed by atoms with Gasteiger partial charge in [-0.3, -0.25) is 4.79 Å². The normalized spacial score (nSPS) is 32.2. The van der Waals surface area contributed by atoms with E-state index in [0.29, 0.717) is 23.2 Å². The van der Waals surface area contributed by atoms with Crippen LogP contribution in [0, 0.1) is 23.2 Å². The van der Waals surface area contributed by atoms with Crippen LogP contribution in [0.3, 0.4) is 0 Å². The Labute approximate surface area is 267 Å². The minimum atomic E-state index is -1.98. The first kappa shape index (κ1) is 36.2. The highest BCUT2D eigenvalue weighted by Crippen LogP contribution is 2.59. The lowest BCUT2D eigenvalue weighted by Crippen LogP contribution is -2.49. The predicted molar refractivity (Wildman–Crippen MR) is 190 cm³/mol. The molecule has 0 aromatic heterocycles. The molecule has 0 amide bonds. The molecule has 0 spiro atoms. The van der Waals surface area contributed by atoms with Crippen molar-refractivity contribution in [3.05, 3.63) is 59.8 Å². The van der Waals surface area contributed by atoms with Gasteiger partial charge in [-0.1, -0.05) is 97.9 Å². The van der Waals surface area contributed by atoms with Crippen molar-refractivity contribution < 1.29 is 13.6 Å². The molecule has 43 heavy (non-hydrogen) atoms. The van der Waals surface area contributed by atoms with E-state index < -0.39 is 16.6 Å². The van der Waals surface area contributed by atoms with Crippen molar-refractivity contribution in [2.75, 3.05) is 0 Å². The predicted octanol–water partition coefficient (Wildman–Crippen LogP) is 11.1. The van der Waals surface area contributed by atoms with E-state index in [4.69, 9.17) is 8.85 Å². The molecular formula is C38H64O3Si2. The second kappa shape index (κ2) is 13.6. The molecule has 0 unspecified atom stereocenters. The lowest BCUT2D eigenvalue weighted by molar-refractivity contribution is -0.104. The van der Waals surface area contributed by atoms with Crippen molar-refractivity contribution in [2.24, 2.45) is 23.2 Å². The van der Waals surface area contributed by atoms with Crippen molar-refractivity contribution in [1.29, 1.82) is 0 Å². The molecule has 0 saturated heterocycles. The van der Waals surface area contributed by atoms with Gasteiger partial charge in [-0.05, 0) is 115 Å². The maximum absolute atomic E-state index is 10.7. The zero-order valence-electron chi connectivity index (χ0n) is 29.8. The zero-order valence-corrected chi connectivity index (χ0v) is 31.8. The van der Waals surface area contributed by atoms with E-state index >= 15 is 0 Å². The molecule has 0 heterocycles. The summed E-state index contributed by atoms with van der Waals surface area (Å²) >= 11 is 0. The first-order valence-corrected chi connectivity index (χ1v) is 22.8. The third kappa shape index (κ3) is 8.31. The first-order valence-electron chi connectivity index (χ1n) is 17.0. The summed E-state index contributed by atoms with van der Waals surface area (Å²) in [7, 11) is -3.91. The van der Waals surface area contributed by atoms with Gasteiger partial charge in [0.05, 0.1) is 12.2 Å².